The first kappa shape index (κ1) is 16.3. The third kappa shape index (κ3) is 3.52. The maximum Gasteiger partial charge on any atom is 0.227 e. The van der Waals surface area contributed by atoms with Crippen LogP contribution in [0.3, 0.4) is 0 Å². The third-order valence-corrected chi connectivity index (χ3v) is 5.57. The van der Waals surface area contributed by atoms with Crippen molar-refractivity contribution in [3.63, 3.8) is 0 Å². The first-order valence-electron chi connectivity index (χ1n) is 8.41. The summed E-state index contributed by atoms with van der Waals surface area (Å²) in [6.45, 7) is 3.29. The van der Waals surface area contributed by atoms with Gasteiger partial charge in [0.15, 0.2) is 0 Å². The summed E-state index contributed by atoms with van der Waals surface area (Å²) < 4.78 is 0. The molecule has 2 fully saturated rings. The second kappa shape index (κ2) is 6.91. The van der Waals surface area contributed by atoms with E-state index in [9.17, 15) is 9.59 Å². The van der Waals surface area contributed by atoms with Gasteiger partial charge in [0.2, 0.25) is 11.8 Å². The summed E-state index contributed by atoms with van der Waals surface area (Å²) in [5.41, 5.74) is 1.66. The molecule has 1 saturated heterocycles. The number of likely N-dealkylation sites (tertiary alicyclic amines) is 1. The van der Waals surface area contributed by atoms with Crippen molar-refractivity contribution >= 4 is 29.1 Å². The fourth-order valence-corrected chi connectivity index (χ4v) is 3.43. The van der Waals surface area contributed by atoms with Crippen molar-refractivity contribution in [2.45, 2.75) is 39.0 Å². The molecular weight excluding hydrogens is 312 g/mol. The Kier molecular flexibility index (Phi) is 4.90. The van der Waals surface area contributed by atoms with E-state index in [1.54, 1.807) is 0 Å². The van der Waals surface area contributed by atoms with E-state index >= 15 is 0 Å². The lowest BCUT2D eigenvalue weighted by atomic mass is 9.83. The minimum absolute atomic E-state index is 0.0289. The van der Waals surface area contributed by atoms with E-state index in [4.69, 9.17) is 11.6 Å². The molecule has 1 aromatic carbocycles. The zero-order chi connectivity index (χ0) is 16.4. The Labute approximate surface area is 142 Å². The van der Waals surface area contributed by atoms with E-state index in [0.717, 1.165) is 36.9 Å². The van der Waals surface area contributed by atoms with Crippen LogP contribution in [-0.2, 0) is 9.59 Å². The zero-order valence-corrected chi connectivity index (χ0v) is 14.2. The normalized spacial score (nSPS) is 19.3. The first-order chi connectivity index (χ1) is 11.1. The van der Waals surface area contributed by atoms with Gasteiger partial charge in [-0.15, -0.1) is 0 Å². The fourth-order valence-electron chi connectivity index (χ4n) is 3.25. The fraction of sp³-hybridized carbons (Fsp3) is 0.556. The third-order valence-electron chi connectivity index (χ3n) is 5.16. The second-order valence-electron chi connectivity index (χ2n) is 6.63. The van der Waals surface area contributed by atoms with Crippen LogP contribution < -0.4 is 5.32 Å². The predicted molar refractivity (Wildman–Crippen MR) is 91.5 cm³/mol. The van der Waals surface area contributed by atoms with Crippen LogP contribution in [0.15, 0.2) is 18.2 Å². The number of carbonyl (C=O) groups excluding carboxylic acids is 2. The topological polar surface area (TPSA) is 49.4 Å². The summed E-state index contributed by atoms with van der Waals surface area (Å²) >= 11 is 6.09. The van der Waals surface area contributed by atoms with Crippen molar-refractivity contribution in [1.82, 2.24) is 4.90 Å². The van der Waals surface area contributed by atoms with Crippen LogP contribution in [0.5, 0.6) is 0 Å². The minimum atomic E-state index is -0.0289. The standard InChI is InChI=1S/C18H23ClN2O2/c1-12-15(19)6-3-7-16(12)20-17(22)13-8-10-21(11-9-13)18(23)14-4-2-5-14/h3,6-7,13-14H,2,4-5,8-11H2,1H3,(H,20,22). The molecule has 0 aromatic heterocycles. The largest absolute Gasteiger partial charge is 0.342 e. The van der Waals surface area contributed by atoms with Gasteiger partial charge in [-0.3, -0.25) is 9.59 Å². The SMILES string of the molecule is Cc1c(Cl)cccc1NC(=O)C1CCN(C(=O)C2CCC2)CC1. The molecule has 1 aliphatic heterocycles. The molecule has 0 spiro atoms. The number of halogens is 1. The molecule has 1 aliphatic carbocycles. The monoisotopic (exact) mass is 334 g/mol. The quantitative estimate of drug-likeness (QED) is 0.917. The van der Waals surface area contributed by atoms with Crippen molar-refractivity contribution in [3.8, 4) is 0 Å². The molecule has 0 atom stereocenters. The molecule has 3 rings (SSSR count). The predicted octanol–water partition coefficient (Wildman–Crippen LogP) is 3.63. The number of carbonyl (C=O) groups is 2. The van der Waals surface area contributed by atoms with Crippen molar-refractivity contribution in [2.75, 3.05) is 18.4 Å². The number of amides is 2. The average molecular weight is 335 g/mol. The van der Waals surface area contributed by atoms with Crippen LogP contribution in [0.4, 0.5) is 5.69 Å². The molecular formula is C18H23ClN2O2. The maximum atomic E-state index is 12.5. The number of nitrogens with zero attached hydrogens (tertiary/aromatic N) is 1. The van der Waals surface area contributed by atoms with Gasteiger partial charge >= 0.3 is 0 Å². The Morgan fingerprint density at radius 3 is 2.43 bits per heavy atom. The molecule has 2 amide bonds. The number of benzene rings is 1. The highest BCUT2D eigenvalue weighted by Gasteiger charge is 2.33. The summed E-state index contributed by atoms with van der Waals surface area (Å²) in [6, 6.07) is 5.52. The second-order valence-corrected chi connectivity index (χ2v) is 7.04. The average Bonchev–Trinajstić information content (AvgIpc) is 2.50. The number of anilines is 1. The smallest absolute Gasteiger partial charge is 0.227 e. The molecule has 5 heteroatoms. The minimum Gasteiger partial charge on any atom is -0.342 e. The van der Waals surface area contributed by atoms with E-state index in [-0.39, 0.29) is 17.7 Å². The molecule has 1 N–H and O–H groups in total. The van der Waals surface area contributed by atoms with E-state index in [0.29, 0.717) is 24.0 Å². The van der Waals surface area contributed by atoms with Crippen molar-refractivity contribution < 1.29 is 9.59 Å². The summed E-state index contributed by atoms with van der Waals surface area (Å²) in [6.07, 6.45) is 4.72. The molecule has 0 unspecified atom stereocenters. The first-order valence-corrected chi connectivity index (χ1v) is 8.79. The lowest BCUT2D eigenvalue weighted by molar-refractivity contribution is -0.140. The maximum absolute atomic E-state index is 12.5. The lowest BCUT2D eigenvalue weighted by Gasteiger charge is -2.36. The Balaban J connectivity index is 1.54. The van der Waals surface area contributed by atoms with E-state index < -0.39 is 0 Å². The highest BCUT2D eigenvalue weighted by atomic mass is 35.5. The van der Waals surface area contributed by atoms with Gasteiger partial charge in [0.05, 0.1) is 0 Å². The van der Waals surface area contributed by atoms with Crippen LogP contribution in [0, 0.1) is 18.8 Å². The summed E-state index contributed by atoms with van der Waals surface area (Å²) in [7, 11) is 0. The van der Waals surface area contributed by atoms with Crippen LogP contribution in [0.2, 0.25) is 5.02 Å². The van der Waals surface area contributed by atoms with Gasteiger partial charge in [-0.25, -0.2) is 0 Å². The molecule has 0 radical (unpaired) electrons. The van der Waals surface area contributed by atoms with Crippen molar-refractivity contribution in [2.24, 2.45) is 11.8 Å². The zero-order valence-electron chi connectivity index (χ0n) is 13.5. The van der Waals surface area contributed by atoms with Gasteiger partial charge in [-0.05, 0) is 50.3 Å². The Morgan fingerprint density at radius 2 is 1.83 bits per heavy atom. The van der Waals surface area contributed by atoms with Crippen molar-refractivity contribution in [1.29, 1.82) is 0 Å². The number of hydrogen-bond donors (Lipinski definition) is 1. The summed E-state index contributed by atoms with van der Waals surface area (Å²) in [5, 5.41) is 3.64. The highest BCUT2D eigenvalue weighted by molar-refractivity contribution is 6.31. The number of piperidine rings is 1. The molecule has 4 nitrogen and oxygen atoms in total. The molecule has 2 aliphatic rings. The van der Waals surface area contributed by atoms with Gasteiger partial charge in [0.1, 0.15) is 0 Å². The molecule has 1 heterocycles. The van der Waals surface area contributed by atoms with Crippen LogP contribution >= 0.6 is 11.6 Å². The molecule has 1 saturated carbocycles. The van der Waals surface area contributed by atoms with Crippen LogP contribution in [-0.4, -0.2) is 29.8 Å². The van der Waals surface area contributed by atoms with Gasteiger partial charge in [0, 0.05) is 35.6 Å². The summed E-state index contributed by atoms with van der Waals surface area (Å²) in [5.74, 6) is 0.542. The Morgan fingerprint density at radius 1 is 1.13 bits per heavy atom. The van der Waals surface area contributed by atoms with Gasteiger partial charge < -0.3 is 10.2 Å². The Hall–Kier alpha value is -1.55. The number of hydrogen-bond acceptors (Lipinski definition) is 2. The van der Waals surface area contributed by atoms with Crippen molar-refractivity contribution in [3.05, 3.63) is 28.8 Å². The number of nitrogens with one attached hydrogen (secondary N) is 1. The highest BCUT2D eigenvalue weighted by Crippen LogP contribution is 2.30. The molecule has 1 aromatic rings. The van der Waals surface area contributed by atoms with Gasteiger partial charge in [-0.2, -0.15) is 0 Å². The van der Waals surface area contributed by atoms with Gasteiger partial charge in [0.25, 0.3) is 0 Å². The van der Waals surface area contributed by atoms with Crippen LogP contribution in [0.25, 0.3) is 0 Å². The van der Waals surface area contributed by atoms with Crippen LogP contribution in [0.1, 0.15) is 37.7 Å². The number of rotatable bonds is 3. The summed E-state index contributed by atoms with van der Waals surface area (Å²) in [4.78, 5) is 26.6. The molecule has 0 bridgehead atoms. The Bertz CT molecular complexity index is 605. The molecule has 124 valence electrons. The van der Waals surface area contributed by atoms with Gasteiger partial charge in [-0.1, -0.05) is 24.1 Å². The lowest BCUT2D eigenvalue weighted by Crippen LogP contribution is -2.45. The van der Waals surface area contributed by atoms with E-state index in [2.05, 4.69) is 5.32 Å². The molecule has 23 heavy (non-hydrogen) atoms. The van der Waals surface area contributed by atoms with E-state index in [1.807, 2.05) is 30.0 Å². The van der Waals surface area contributed by atoms with E-state index in [1.165, 1.54) is 6.42 Å².